The molecule has 0 atom stereocenters. The summed E-state index contributed by atoms with van der Waals surface area (Å²) >= 11 is 5.69. The van der Waals surface area contributed by atoms with Crippen LogP contribution < -0.4 is 10.9 Å². The number of hydrogen-bond donors (Lipinski definition) is 2. The molecule has 0 aliphatic heterocycles. The van der Waals surface area contributed by atoms with Crippen molar-refractivity contribution in [3.05, 3.63) is 21.6 Å². The SMILES string of the molecule is CN(C)C(=O)CNc1cn[nH]c(=O)c1Cl. The first-order chi connectivity index (χ1) is 7.02. The van der Waals surface area contributed by atoms with Crippen LogP contribution in [0.3, 0.4) is 0 Å². The highest BCUT2D eigenvalue weighted by molar-refractivity contribution is 6.32. The molecule has 0 spiro atoms. The number of anilines is 1. The van der Waals surface area contributed by atoms with Crippen molar-refractivity contribution in [1.82, 2.24) is 15.1 Å². The number of carbonyl (C=O) groups excluding carboxylic acids is 1. The van der Waals surface area contributed by atoms with Crippen LogP contribution in [-0.2, 0) is 4.79 Å². The van der Waals surface area contributed by atoms with Gasteiger partial charge in [0.1, 0.15) is 5.02 Å². The number of carbonyl (C=O) groups is 1. The molecule has 0 aromatic carbocycles. The first kappa shape index (κ1) is 11.5. The van der Waals surface area contributed by atoms with Gasteiger partial charge in [0.05, 0.1) is 18.4 Å². The molecule has 0 bridgehead atoms. The minimum atomic E-state index is -0.487. The van der Waals surface area contributed by atoms with Crippen molar-refractivity contribution in [1.29, 1.82) is 0 Å². The molecular weight excluding hydrogens is 220 g/mol. The van der Waals surface area contributed by atoms with Crippen LogP contribution in [0.5, 0.6) is 0 Å². The van der Waals surface area contributed by atoms with Gasteiger partial charge in [-0.3, -0.25) is 9.59 Å². The molecule has 1 aromatic heterocycles. The maximum atomic E-state index is 11.2. The number of likely N-dealkylation sites (N-methyl/N-ethyl adjacent to an activating group) is 1. The lowest BCUT2D eigenvalue weighted by Gasteiger charge is -2.11. The highest BCUT2D eigenvalue weighted by Gasteiger charge is 2.07. The van der Waals surface area contributed by atoms with Gasteiger partial charge in [0, 0.05) is 14.1 Å². The third-order valence-corrected chi connectivity index (χ3v) is 2.10. The third kappa shape index (κ3) is 2.95. The van der Waals surface area contributed by atoms with Gasteiger partial charge in [-0.1, -0.05) is 11.6 Å². The monoisotopic (exact) mass is 230 g/mol. The Hall–Kier alpha value is -1.56. The molecule has 0 fully saturated rings. The van der Waals surface area contributed by atoms with E-state index in [1.54, 1.807) is 14.1 Å². The second-order valence-electron chi connectivity index (χ2n) is 3.07. The van der Waals surface area contributed by atoms with E-state index in [1.807, 2.05) is 0 Å². The van der Waals surface area contributed by atoms with Gasteiger partial charge >= 0.3 is 0 Å². The van der Waals surface area contributed by atoms with Gasteiger partial charge in [-0.15, -0.1) is 0 Å². The number of H-pyrrole nitrogens is 1. The number of nitrogens with zero attached hydrogens (tertiary/aromatic N) is 2. The second kappa shape index (κ2) is 4.79. The van der Waals surface area contributed by atoms with Crippen LogP contribution in [0, 0.1) is 0 Å². The number of hydrogen-bond acceptors (Lipinski definition) is 4. The van der Waals surface area contributed by atoms with E-state index in [0.29, 0.717) is 5.69 Å². The number of nitrogens with one attached hydrogen (secondary N) is 2. The van der Waals surface area contributed by atoms with Crippen molar-refractivity contribution < 1.29 is 4.79 Å². The van der Waals surface area contributed by atoms with Crippen LogP contribution in [0.25, 0.3) is 0 Å². The van der Waals surface area contributed by atoms with Crippen LogP contribution in [0.1, 0.15) is 0 Å². The Morgan fingerprint density at radius 3 is 2.93 bits per heavy atom. The van der Waals surface area contributed by atoms with E-state index in [9.17, 15) is 9.59 Å². The van der Waals surface area contributed by atoms with E-state index in [-0.39, 0.29) is 17.5 Å². The van der Waals surface area contributed by atoms with Crippen molar-refractivity contribution in [2.24, 2.45) is 0 Å². The summed E-state index contributed by atoms with van der Waals surface area (Å²) in [6.07, 6.45) is 1.35. The summed E-state index contributed by atoms with van der Waals surface area (Å²) in [4.78, 5) is 23.7. The van der Waals surface area contributed by atoms with E-state index in [0.717, 1.165) is 0 Å². The highest BCUT2D eigenvalue weighted by atomic mass is 35.5. The second-order valence-corrected chi connectivity index (χ2v) is 3.45. The normalized spacial score (nSPS) is 9.80. The van der Waals surface area contributed by atoms with Crippen molar-refractivity contribution in [2.45, 2.75) is 0 Å². The highest BCUT2D eigenvalue weighted by Crippen LogP contribution is 2.13. The Bertz CT molecular complexity index is 415. The van der Waals surface area contributed by atoms with E-state index in [2.05, 4.69) is 15.5 Å². The fourth-order valence-electron chi connectivity index (χ4n) is 0.836. The molecule has 1 amide bonds. The number of amides is 1. The summed E-state index contributed by atoms with van der Waals surface area (Å²) in [5.74, 6) is -0.119. The van der Waals surface area contributed by atoms with E-state index < -0.39 is 5.56 Å². The first-order valence-corrected chi connectivity index (χ1v) is 4.57. The van der Waals surface area contributed by atoms with Crippen molar-refractivity contribution in [3.8, 4) is 0 Å². The molecule has 1 heterocycles. The molecule has 82 valence electrons. The fourth-order valence-corrected chi connectivity index (χ4v) is 0.994. The standard InChI is InChI=1S/C8H11ClN4O2/c1-13(2)6(14)4-10-5-3-11-12-8(15)7(5)9/h3H,4H2,1-2H3,(H2,10,12,15). The maximum absolute atomic E-state index is 11.2. The Labute approximate surface area is 91.2 Å². The van der Waals surface area contributed by atoms with Gasteiger partial charge < -0.3 is 10.2 Å². The molecule has 0 aliphatic rings. The van der Waals surface area contributed by atoms with Gasteiger partial charge in [-0.25, -0.2) is 5.10 Å². The first-order valence-electron chi connectivity index (χ1n) is 4.19. The molecule has 6 nitrogen and oxygen atoms in total. The van der Waals surface area contributed by atoms with Crippen LogP contribution in [0.2, 0.25) is 5.02 Å². The predicted octanol–water partition coefficient (Wildman–Crippen LogP) is -0.0766. The van der Waals surface area contributed by atoms with Crippen LogP contribution >= 0.6 is 11.6 Å². The summed E-state index contributed by atoms with van der Waals surface area (Å²) in [6.45, 7) is 0.0673. The largest absolute Gasteiger partial charge is 0.373 e. The molecule has 2 N–H and O–H groups in total. The van der Waals surface area contributed by atoms with Gasteiger partial charge in [-0.2, -0.15) is 5.10 Å². The average molecular weight is 231 g/mol. The Balaban J connectivity index is 2.70. The fraction of sp³-hybridized carbons (Fsp3) is 0.375. The average Bonchev–Trinajstić information content (AvgIpc) is 2.19. The summed E-state index contributed by atoms with van der Waals surface area (Å²) in [5, 5.41) is 8.46. The topological polar surface area (TPSA) is 78.1 Å². The minimum absolute atomic E-state index is 0.00319. The molecule has 0 saturated heterocycles. The zero-order valence-corrected chi connectivity index (χ0v) is 9.13. The molecular formula is C8H11ClN4O2. The van der Waals surface area contributed by atoms with Gasteiger partial charge in [0.25, 0.3) is 5.56 Å². The quantitative estimate of drug-likeness (QED) is 0.762. The van der Waals surface area contributed by atoms with Gasteiger partial charge in [0.15, 0.2) is 0 Å². The number of aromatic amines is 1. The van der Waals surface area contributed by atoms with E-state index in [4.69, 9.17) is 11.6 Å². The molecule has 0 aliphatic carbocycles. The molecule has 7 heteroatoms. The van der Waals surface area contributed by atoms with Crippen LogP contribution in [0.4, 0.5) is 5.69 Å². The number of aromatic nitrogens is 2. The molecule has 1 aromatic rings. The molecule has 15 heavy (non-hydrogen) atoms. The van der Waals surface area contributed by atoms with Crippen LogP contribution in [0.15, 0.2) is 11.0 Å². The summed E-state index contributed by atoms with van der Waals surface area (Å²) < 4.78 is 0. The maximum Gasteiger partial charge on any atom is 0.285 e. The third-order valence-electron chi connectivity index (χ3n) is 1.72. The van der Waals surface area contributed by atoms with E-state index >= 15 is 0 Å². The summed E-state index contributed by atoms with van der Waals surface area (Å²) in [5.41, 5.74) is -0.144. The zero-order chi connectivity index (χ0) is 11.4. The minimum Gasteiger partial charge on any atom is -0.373 e. The van der Waals surface area contributed by atoms with E-state index in [1.165, 1.54) is 11.1 Å². The van der Waals surface area contributed by atoms with Crippen molar-refractivity contribution in [3.63, 3.8) is 0 Å². The lowest BCUT2D eigenvalue weighted by molar-refractivity contribution is -0.126. The lowest BCUT2D eigenvalue weighted by atomic mass is 10.4. The molecule has 0 saturated carbocycles. The summed E-state index contributed by atoms with van der Waals surface area (Å²) in [6, 6.07) is 0. The summed E-state index contributed by atoms with van der Waals surface area (Å²) in [7, 11) is 3.28. The van der Waals surface area contributed by atoms with Gasteiger partial charge in [0.2, 0.25) is 5.91 Å². The number of rotatable bonds is 3. The lowest BCUT2D eigenvalue weighted by Crippen LogP contribution is -2.29. The van der Waals surface area contributed by atoms with Crippen LogP contribution in [-0.4, -0.2) is 41.6 Å². The smallest absolute Gasteiger partial charge is 0.285 e. The van der Waals surface area contributed by atoms with Gasteiger partial charge in [-0.05, 0) is 0 Å². The molecule has 1 rings (SSSR count). The Kier molecular flexibility index (Phi) is 3.68. The van der Waals surface area contributed by atoms with Crippen molar-refractivity contribution >= 4 is 23.2 Å². The predicted molar refractivity (Wildman–Crippen MR) is 57.1 cm³/mol. The molecule has 0 unspecified atom stereocenters. The zero-order valence-electron chi connectivity index (χ0n) is 8.37. The van der Waals surface area contributed by atoms with Crippen molar-refractivity contribution in [2.75, 3.05) is 26.0 Å². The number of halogens is 1. The molecule has 0 radical (unpaired) electrons. The Morgan fingerprint density at radius 1 is 1.67 bits per heavy atom. The Morgan fingerprint density at radius 2 is 2.33 bits per heavy atom.